The molecule has 138 valence electrons. The normalized spacial score (nSPS) is 17.4. The molecule has 0 fully saturated rings. The predicted octanol–water partition coefficient (Wildman–Crippen LogP) is 3.79. The van der Waals surface area contributed by atoms with E-state index < -0.39 is 10.0 Å². The van der Waals surface area contributed by atoms with Gasteiger partial charge in [-0.3, -0.25) is 9.21 Å². The van der Waals surface area contributed by atoms with Gasteiger partial charge in [0.1, 0.15) is 0 Å². The van der Waals surface area contributed by atoms with Crippen LogP contribution in [0.5, 0.6) is 0 Å². The number of aryl methyl sites for hydroxylation is 1. The minimum Gasteiger partial charge on any atom is -0.298 e. The number of benzene rings is 2. The Morgan fingerprint density at radius 3 is 2.46 bits per heavy atom. The van der Waals surface area contributed by atoms with E-state index in [1.807, 2.05) is 31.2 Å². The summed E-state index contributed by atoms with van der Waals surface area (Å²) in [4.78, 5) is 2.65. The smallest absolute Gasteiger partial charge is 0.263 e. The molecule has 2 aromatic carbocycles. The SMILES string of the molecule is Cc1cccc(S(=O)(=O)N(C)C2=CC[C@H](N(C)Cc3ccccc3)C2)c1. The van der Waals surface area contributed by atoms with Crippen molar-refractivity contribution in [2.75, 3.05) is 14.1 Å². The Kier molecular flexibility index (Phi) is 5.49. The van der Waals surface area contributed by atoms with Gasteiger partial charge in [-0.1, -0.05) is 48.5 Å². The average molecular weight is 371 g/mol. The molecule has 5 heteroatoms. The minimum atomic E-state index is -3.51. The van der Waals surface area contributed by atoms with Crippen LogP contribution in [-0.4, -0.2) is 37.8 Å². The zero-order chi connectivity index (χ0) is 18.7. The largest absolute Gasteiger partial charge is 0.298 e. The maximum atomic E-state index is 12.9. The van der Waals surface area contributed by atoms with Crippen LogP contribution in [0, 0.1) is 6.92 Å². The minimum absolute atomic E-state index is 0.320. The summed E-state index contributed by atoms with van der Waals surface area (Å²) in [6, 6.07) is 17.7. The van der Waals surface area contributed by atoms with Crippen molar-refractivity contribution in [3.05, 3.63) is 77.5 Å². The van der Waals surface area contributed by atoms with Crippen molar-refractivity contribution < 1.29 is 8.42 Å². The van der Waals surface area contributed by atoms with Gasteiger partial charge in [0.25, 0.3) is 10.0 Å². The quantitative estimate of drug-likeness (QED) is 0.777. The standard InChI is InChI=1S/C21H26N2O2S/c1-17-8-7-11-21(14-17)26(24,25)23(3)20-13-12-19(15-20)22(2)16-18-9-5-4-6-10-18/h4-11,13-14,19H,12,15-16H2,1-3H3/t19-/m0/s1. The van der Waals surface area contributed by atoms with E-state index >= 15 is 0 Å². The number of nitrogens with zero attached hydrogens (tertiary/aromatic N) is 2. The van der Waals surface area contributed by atoms with Crippen LogP contribution in [0.4, 0.5) is 0 Å². The van der Waals surface area contributed by atoms with Gasteiger partial charge in [0.15, 0.2) is 0 Å². The summed E-state index contributed by atoms with van der Waals surface area (Å²) in [5.41, 5.74) is 3.08. The van der Waals surface area contributed by atoms with Crippen LogP contribution in [0.25, 0.3) is 0 Å². The second-order valence-electron chi connectivity index (χ2n) is 6.98. The lowest BCUT2D eigenvalue weighted by Gasteiger charge is -2.26. The van der Waals surface area contributed by atoms with Crippen LogP contribution in [0.2, 0.25) is 0 Å². The monoisotopic (exact) mass is 370 g/mol. The Balaban J connectivity index is 1.67. The molecule has 0 N–H and O–H groups in total. The van der Waals surface area contributed by atoms with Crippen LogP contribution in [0.1, 0.15) is 24.0 Å². The molecule has 0 bridgehead atoms. The van der Waals surface area contributed by atoms with E-state index in [9.17, 15) is 8.42 Å². The molecule has 4 nitrogen and oxygen atoms in total. The third-order valence-electron chi connectivity index (χ3n) is 5.02. The maximum Gasteiger partial charge on any atom is 0.263 e. The molecule has 0 spiro atoms. The third kappa shape index (κ3) is 4.00. The number of hydrogen-bond acceptors (Lipinski definition) is 3. The molecule has 0 aromatic heterocycles. The highest BCUT2D eigenvalue weighted by atomic mass is 32.2. The van der Waals surface area contributed by atoms with Crippen molar-refractivity contribution in [2.24, 2.45) is 0 Å². The molecule has 2 aromatic rings. The fourth-order valence-electron chi connectivity index (χ4n) is 3.36. The van der Waals surface area contributed by atoms with E-state index in [0.717, 1.165) is 30.6 Å². The van der Waals surface area contributed by atoms with Crippen LogP contribution in [0.3, 0.4) is 0 Å². The lowest BCUT2D eigenvalue weighted by Crippen LogP contribution is -2.31. The summed E-state index contributed by atoms with van der Waals surface area (Å²) >= 11 is 0. The molecule has 0 aliphatic heterocycles. The van der Waals surface area contributed by atoms with Gasteiger partial charge in [0.2, 0.25) is 0 Å². The topological polar surface area (TPSA) is 40.6 Å². The van der Waals surface area contributed by atoms with Crippen molar-refractivity contribution in [1.29, 1.82) is 0 Å². The second-order valence-corrected chi connectivity index (χ2v) is 8.95. The molecule has 1 aliphatic carbocycles. The van der Waals surface area contributed by atoms with Gasteiger partial charge >= 0.3 is 0 Å². The van der Waals surface area contributed by atoms with Gasteiger partial charge in [-0.15, -0.1) is 0 Å². The molecule has 0 saturated carbocycles. The van der Waals surface area contributed by atoms with Crippen LogP contribution < -0.4 is 0 Å². The Bertz CT molecular complexity index is 891. The van der Waals surface area contributed by atoms with Crippen molar-refractivity contribution in [3.63, 3.8) is 0 Å². The molecule has 3 rings (SSSR count). The molecule has 0 amide bonds. The molecule has 0 heterocycles. The summed E-state index contributed by atoms with van der Waals surface area (Å²) < 4.78 is 27.3. The van der Waals surface area contributed by atoms with Crippen molar-refractivity contribution >= 4 is 10.0 Å². The van der Waals surface area contributed by atoms with E-state index in [-0.39, 0.29) is 0 Å². The first kappa shape index (κ1) is 18.7. The zero-order valence-corrected chi connectivity index (χ0v) is 16.4. The fourth-order valence-corrected chi connectivity index (χ4v) is 4.72. The number of sulfonamides is 1. The Hall–Kier alpha value is -2.11. The number of rotatable bonds is 6. The van der Waals surface area contributed by atoms with Crippen LogP contribution in [-0.2, 0) is 16.6 Å². The maximum absolute atomic E-state index is 12.9. The van der Waals surface area contributed by atoms with E-state index in [0.29, 0.717) is 10.9 Å². The van der Waals surface area contributed by atoms with Crippen molar-refractivity contribution in [3.8, 4) is 0 Å². The van der Waals surface area contributed by atoms with E-state index in [1.165, 1.54) is 9.87 Å². The third-order valence-corrected chi connectivity index (χ3v) is 6.83. The van der Waals surface area contributed by atoms with Gasteiger partial charge in [-0.2, -0.15) is 0 Å². The lowest BCUT2D eigenvalue weighted by molar-refractivity contribution is 0.238. The van der Waals surface area contributed by atoms with Gasteiger partial charge in [-0.25, -0.2) is 8.42 Å². The van der Waals surface area contributed by atoms with Crippen molar-refractivity contribution in [2.45, 2.75) is 37.2 Å². The van der Waals surface area contributed by atoms with Gasteiger partial charge in [-0.05, 0) is 43.7 Å². The molecule has 0 unspecified atom stereocenters. The average Bonchev–Trinajstić information content (AvgIpc) is 3.12. The highest BCUT2D eigenvalue weighted by Gasteiger charge is 2.29. The Labute approximate surface area is 156 Å². The Morgan fingerprint density at radius 2 is 1.77 bits per heavy atom. The zero-order valence-electron chi connectivity index (χ0n) is 15.6. The number of hydrogen-bond donors (Lipinski definition) is 0. The molecule has 1 aliphatic rings. The van der Waals surface area contributed by atoms with Crippen LogP contribution >= 0.6 is 0 Å². The predicted molar refractivity (Wildman–Crippen MR) is 105 cm³/mol. The van der Waals surface area contributed by atoms with E-state index in [4.69, 9.17) is 0 Å². The van der Waals surface area contributed by atoms with Gasteiger partial charge in [0.05, 0.1) is 4.90 Å². The van der Waals surface area contributed by atoms with Crippen LogP contribution in [0.15, 0.2) is 71.3 Å². The van der Waals surface area contributed by atoms with Crippen molar-refractivity contribution in [1.82, 2.24) is 9.21 Å². The Morgan fingerprint density at radius 1 is 1.04 bits per heavy atom. The first-order chi connectivity index (χ1) is 12.4. The second kappa shape index (κ2) is 7.64. The summed E-state index contributed by atoms with van der Waals surface area (Å²) in [7, 11) is 0.250. The van der Waals surface area contributed by atoms with Gasteiger partial charge < -0.3 is 0 Å². The van der Waals surface area contributed by atoms with E-state index in [1.54, 1.807) is 25.2 Å². The fraction of sp³-hybridized carbons (Fsp3) is 0.333. The lowest BCUT2D eigenvalue weighted by atomic mass is 10.1. The first-order valence-corrected chi connectivity index (χ1v) is 10.3. The highest BCUT2D eigenvalue weighted by molar-refractivity contribution is 7.89. The highest BCUT2D eigenvalue weighted by Crippen LogP contribution is 2.29. The summed E-state index contributed by atoms with van der Waals surface area (Å²) in [6.45, 7) is 2.77. The first-order valence-electron chi connectivity index (χ1n) is 8.87. The van der Waals surface area contributed by atoms with Gasteiger partial charge in [0, 0.05) is 31.8 Å². The molecular formula is C21H26N2O2S. The summed E-state index contributed by atoms with van der Waals surface area (Å²) in [5, 5.41) is 0. The summed E-state index contributed by atoms with van der Waals surface area (Å²) in [5.74, 6) is 0. The molecule has 0 radical (unpaired) electrons. The molecule has 0 saturated heterocycles. The molecular weight excluding hydrogens is 344 g/mol. The van der Waals surface area contributed by atoms with E-state index in [2.05, 4.69) is 30.2 Å². The molecule has 26 heavy (non-hydrogen) atoms. The summed E-state index contributed by atoms with van der Waals surface area (Å²) in [6.07, 6.45) is 3.66. The molecule has 1 atom stereocenters.